The number of carboxylic acids is 2. The largest absolute Gasteiger partial charge is 0.550 e. The Morgan fingerprint density at radius 1 is 0.833 bits per heavy atom. The van der Waals surface area contributed by atoms with Crippen molar-refractivity contribution in [1.82, 2.24) is 0 Å². The molecule has 0 heterocycles. The standard InChI is InChI=1S/2C4H11N.C4H6O4/c2*1-2-3-4-5;5-3(6)1-2-4(7)8/h2*2-5H2,1H3;1-2H2,(H,5,6)(H,7,8). The minimum atomic E-state index is -1.37. The highest BCUT2D eigenvalue weighted by Gasteiger charge is 1.85. The van der Waals surface area contributed by atoms with Gasteiger partial charge in [0.25, 0.3) is 0 Å². The third-order valence-corrected chi connectivity index (χ3v) is 1.74. The molecule has 0 aromatic heterocycles. The van der Waals surface area contributed by atoms with E-state index in [9.17, 15) is 19.8 Å². The number of quaternary nitrogens is 2. The lowest BCUT2D eigenvalue weighted by Crippen LogP contribution is -2.49. The van der Waals surface area contributed by atoms with Crippen LogP contribution in [0.15, 0.2) is 0 Å². The summed E-state index contributed by atoms with van der Waals surface area (Å²) < 4.78 is 0. The van der Waals surface area contributed by atoms with Gasteiger partial charge in [0.2, 0.25) is 0 Å². The van der Waals surface area contributed by atoms with Crippen LogP contribution in [-0.4, -0.2) is 25.0 Å². The van der Waals surface area contributed by atoms with Crippen molar-refractivity contribution in [3.63, 3.8) is 0 Å². The van der Waals surface area contributed by atoms with Gasteiger partial charge in [0.1, 0.15) is 0 Å². The molecule has 110 valence electrons. The van der Waals surface area contributed by atoms with Crippen LogP contribution in [0.1, 0.15) is 52.4 Å². The van der Waals surface area contributed by atoms with Gasteiger partial charge < -0.3 is 31.3 Å². The second-order valence-electron chi connectivity index (χ2n) is 3.66. The van der Waals surface area contributed by atoms with E-state index >= 15 is 0 Å². The molecule has 0 radical (unpaired) electrons. The van der Waals surface area contributed by atoms with E-state index in [-0.39, 0.29) is 0 Å². The van der Waals surface area contributed by atoms with Crippen molar-refractivity contribution in [2.24, 2.45) is 0 Å². The van der Waals surface area contributed by atoms with Crippen LogP contribution in [0.25, 0.3) is 0 Å². The molecular formula is C12H28N2O4. The summed E-state index contributed by atoms with van der Waals surface area (Å²) >= 11 is 0. The van der Waals surface area contributed by atoms with Gasteiger partial charge in [-0.2, -0.15) is 0 Å². The molecule has 18 heavy (non-hydrogen) atoms. The van der Waals surface area contributed by atoms with Crippen LogP contribution < -0.4 is 21.7 Å². The van der Waals surface area contributed by atoms with Crippen molar-refractivity contribution in [1.29, 1.82) is 0 Å². The molecule has 0 spiro atoms. The molecule has 0 aromatic rings. The number of carbonyl (C=O) groups is 2. The van der Waals surface area contributed by atoms with Crippen LogP contribution >= 0.6 is 0 Å². The topological polar surface area (TPSA) is 136 Å². The SMILES string of the molecule is CCCC[NH3+].CCCC[NH3+].O=C([O-])CCC(=O)[O-]. The third kappa shape index (κ3) is 46.2. The van der Waals surface area contributed by atoms with Crippen molar-refractivity contribution in [3.05, 3.63) is 0 Å². The van der Waals surface area contributed by atoms with Gasteiger partial charge in [-0.1, -0.05) is 26.7 Å². The third-order valence-electron chi connectivity index (χ3n) is 1.74. The van der Waals surface area contributed by atoms with Gasteiger partial charge in [-0.3, -0.25) is 0 Å². The Kier molecular flexibility index (Phi) is 26.0. The molecule has 0 saturated carbocycles. The number of carboxylic acid groups (broad SMARTS) is 2. The van der Waals surface area contributed by atoms with E-state index in [1.54, 1.807) is 0 Å². The van der Waals surface area contributed by atoms with Crippen LogP contribution in [0.5, 0.6) is 0 Å². The maximum absolute atomic E-state index is 9.50. The molecule has 0 aliphatic carbocycles. The van der Waals surface area contributed by atoms with Crippen molar-refractivity contribution >= 4 is 11.9 Å². The summed E-state index contributed by atoms with van der Waals surface area (Å²) in [7, 11) is 0. The first-order valence-corrected chi connectivity index (χ1v) is 6.44. The maximum atomic E-state index is 9.50. The Hall–Kier alpha value is -1.14. The molecule has 0 unspecified atom stereocenters. The Labute approximate surface area is 109 Å². The monoisotopic (exact) mass is 264 g/mol. The quantitative estimate of drug-likeness (QED) is 0.518. The molecule has 0 aromatic carbocycles. The molecule has 0 amide bonds. The summed E-state index contributed by atoms with van der Waals surface area (Å²) in [6.07, 6.45) is 4.18. The van der Waals surface area contributed by atoms with E-state index in [2.05, 4.69) is 25.3 Å². The first-order chi connectivity index (χ1) is 8.45. The predicted molar refractivity (Wildman–Crippen MR) is 64.6 cm³/mol. The average molecular weight is 264 g/mol. The molecule has 0 atom stereocenters. The number of carbonyl (C=O) groups excluding carboxylic acids is 2. The fourth-order valence-corrected chi connectivity index (χ4v) is 0.704. The molecule has 6 nitrogen and oxygen atoms in total. The minimum Gasteiger partial charge on any atom is -0.550 e. The fourth-order valence-electron chi connectivity index (χ4n) is 0.704. The van der Waals surface area contributed by atoms with E-state index < -0.39 is 24.8 Å². The predicted octanol–water partition coefficient (Wildman–Crippen LogP) is -2.68. The normalized spacial score (nSPS) is 8.44. The lowest BCUT2D eigenvalue weighted by molar-refractivity contribution is -0.368. The first kappa shape index (κ1) is 22.1. The van der Waals surface area contributed by atoms with Crippen molar-refractivity contribution in [2.45, 2.75) is 52.4 Å². The van der Waals surface area contributed by atoms with Crippen LogP contribution in [0.3, 0.4) is 0 Å². The molecule has 6 N–H and O–H groups in total. The lowest BCUT2D eigenvalue weighted by Gasteiger charge is -2.00. The summed E-state index contributed by atoms with van der Waals surface area (Å²) in [6, 6.07) is 0. The summed E-state index contributed by atoms with van der Waals surface area (Å²) in [5, 5.41) is 19.0. The first-order valence-electron chi connectivity index (χ1n) is 6.44. The summed E-state index contributed by atoms with van der Waals surface area (Å²) in [5.41, 5.74) is 7.35. The average Bonchev–Trinajstić information content (AvgIpc) is 2.30. The smallest absolute Gasteiger partial charge is 0.0739 e. The zero-order valence-corrected chi connectivity index (χ0v) is 11.7. The Balaban J connectivity index is -0.000000197. The van der Waals surface area contributed by atoms with Crippen LogP contribution in [0, 0.1) is 0 Å². The van der Waals surface area contributed by atoms with E-state index in [0.29, 0.717) is 0 Å². The van der Waals surface area contributed by atoms with Gasteiger partial charge in [0.05, 0.1) is 13.1 Å². The molecule has 0 fully saturated rings. The van der Waals surface area contributed by atoms with Crippen molar-refractivity contribution in [2.75, 3.05) is 13.1 Å². The van der Waals surface area contributed by atoms with Crippen LogP contribution in [0.4, 0.5) is 0 Å². The van der Waals surface area contributed by atoms with Gasteiger partial charge in [-0.15, -0.1) is 0 Å². The van der Waals surface area contributed by atoms with Crippen molar-refractivity contribution < 1.29 is 31.3 Å². The molecular weight excluding hydrogens is 236 g/mol. The number of unbranched alkanes of at least 4 members (excludes halogenated alkanes) is 2. The van der Waals surface area contributed by atoms with Gasteiger partial charge in [0, 0.05) is 11.9 Å². The van der Waals surface area contributed by atoms with E-state index in [0.717, 1.165) is 13.1 Å². The molecule has 6 heteroatoms. The second-order valence-corrected chi connectivity index (χ2v) is 3.66. The highest BCUT2D eigenvalue weighted by molar-refractivity contribution is 5.72. The van der Waals surface area contributed by atoms with E-state index in [4.69, 9.17) is 0 Å². The minimum absolute atomic E-state index is 0.470. The maximum Gasteiger partial charge on any atom is 0.0739 e. The summed E-state index contributed by atoms with van der Waals surface area (Å²) in [6.45, 7) is 6.53. The number of hydrogen-bond donors (Lipinski definition) is 2. The number of hydrogen-bond acceptors (Lipinski definition) is 4. The molecule has 0 rings (SSSR count). The lowest BCUT2D eigenvalue weighted by atomic mass is 10.3. The summed E-state index contributed by atoms with van der Waals surface area (Å²) in [4.78, 5) is 19.0. The fraction of sp³-hybridized carbons (Fsp3) is 0.833. The number of rotatable bonds is 7. The van der Waals surface area contributed by atoms with Gasteiger partial charge in [-0.05, 0) is 25.7 Å². The Bertz CT molecular complexity index is 163. The molecule has 0 bridgehead atoms. The summed E-state index contributed by atoms with van der Waals surface area (Å²) in [5.74, 6) is -2.73. The van der Waals surface area contributed by atoms with Crippen LogP contribution in [-0.2, 0) is 9.59 Å². The van der Waals surface area contributed by atoms with Gasteiger partial charge in [-0.25, -0.2) is 0 Å². The Morgan fingerprint density at radius 2 is 1.11 bits per heavy atom. The van der Waals surface area contributed by atoms with Gasteiger partial charge in [0.15, 0.2) is 0 Å². The van der Waals surface area contributed by atoms with Crippen molar-refractivity contribution in [3.8, 4) is 0 Å². The van der Waals surface area contributed by atoms with Crippen LogP contribution in [0.2, 0.25) is 0 Å². The zero-order chi connectivity index (χ0) is 14.8. The number of aliphatic carboxylic acids is 2. The molecule has 0 aliphatic heterocycles. The molecule has 0 aliphatic rings. The zero-order valence-electron chi connectivity index (χ0n) is 11.7. The van der Waals surface area contributed by atoms with E-state index in [1.165, 1.54) is 25.7 Å². The van der Waals surface area contributed by atoms with Gasteiger partial charge >= 0.3 is 0 Å². The molecule has 0 saturated heterocycles. The highest BCUT2D eigenvalue weighted by Crippen LogP contribution is 1.81. The second kappa shape index (κ2) is 21.2. The highest BCUT2D eigenvalue weighted by atomic mass is 16.4. The Morgan fingerprint density at radius 3 is 1.17 bits per heavy atom. The van der Waals surface area contributed by atoms with E-state index in [1.807, 2.05) is 0 Å².